The van der Waals surface area contributed by atoms with Crippen LogP contribution in [0.15, 0.2) is 66.9 Å². The molecule has 154 valence electrons. The van der Waals surface area contributed by atoms with E-state index in [4.69, 9.17) is 0 Å². The van der Waals surface area contributed by atoms with Gasteiger partial charge in [-0.25, -0.2) is 4.39 Å². The van der Waals surface area contributed by atoms with E-state index in [2.05, 4.69) is 28.8 Å². The predicted molar refractivity (Wildman–Crippen MR) is 116 cm³/mol. The van der Waals surface area contributed by atoms with Crippen LogP contribution < -0.4 is 4.90 Å². The summed E-state index contributed by atoms with van der Waals surface area (Å²) in [6.45, 7) is 2.27. The van der Waals surface area contributed by atoms with E-state index in [-0.39, 0.29) is 5.82 Å². The summed E-state index contributed by atoms with van der Waals surface area (Å²) in [6.07, 6.45) is 8.40. The minimum absolute atomic E-state index is 0.156. The van der Waals surface area contributed by atoms with Gasteiger partial charge >= 0.3 is 0 Å². The van der Waals surface area contributed by atoms with E-state index < -0.39 is 0 Å². The molecule has 0 aliphatic heterocycles. The first-order valence-corrected chi connectivity index (χ1v) is 10.9. The zero-order chi connectivity index (χ0) is 20.8. The van der Waals surface area contributed by atoms with Crippen LogP contribution in [0.25, 0.3) is 0 Å². The zero-order valence-corrected chi connectivity index (χ0v) is 17.4. The monoisotopic (exact) mass is 402 g/mol. The fourth-order valence-corrected chi connectivity index (χ4v) is 4.70. The third-order valence-corrected chi connectivity index (χ3v) is 6.37. The molecule has 1 unspecified atom stereocenters. The highest BCUT2D eigenvalue weighted by Crippen LogP contribution is 2.17. The summed E-state index contributed by atoms with van der Waals surface area (Å²) >= 11 is 0. The van der Waals surface area contributed by atoms with Gasteiger partial charge in [-0.05, 0) is 49.9 Å². The van der Waals surface area contributed by atoms with Crippen LogP contribution in [0.2, 0.25) is 0 Å². The van der Waals surface area contributed by atoms with E-state index in [0.717, 1.165) is 24.2 Å². The third kappa shape index (κ3) is 4.80. The molecule has 4 heteroatoms. The van der Waals surface area contributed by atoms with Gasteiger partial charge in [0.05, 0.1) is 29.9 Å². The molecule has 0 radical (unpaired) electrons. The number of halogens is 1. The molecule has 0 amide bonds. The average Bonchev–Trinajstić information content (AvgIpc) is 3.22. The number of nitriles is 1. The molecule has 0 saturated heterocycles. The molecule has 1 aliphatic carbocycles. The number of hydrogen-bond donors (Lipinski definition) is 1. The first-order chi connectivity index (χ1) is 14.7. The van der Waals surface area contributed by atoms with Gasteiger partial charge in [-0.3, -0.25) is 0 Å². The van der Waals surface area contributed by atoms with Gasteiger partial charge in [-0.15, -0.1) is 0 Å². The Morgan fingerprint density at radius 1 is 0.900 bits per heavy atom. The maximum Gasteiger partial charge on any atom is 0.128 e. The predicted octanol–water partition coefficient (Wildman–Crippen LogP) is 4.46. The van der Waals surface area contributed by atoms with Gasteiger partial charge in [0.2, 0.25) is 0 Å². The number of aromatic nitrogens is 1. The van der Waals surface area contributed by atoms with E-state index in [1.807, 2.05) is 36.5 Å². The minimum atomic E-state index is -0.156. The first kappa shape index (κ1) is 20.4. The van der Waals surface area contributed by atoms with Crippen molar-refractivity contribution in [2.75, 3.05) is 0 Å². The Morgan fingerprint density at radius 2 is 1.63 bits per heavy atom. The Labute approximate surface area is 178 Å². The van der Waals surface area contributed by atoms with E-state index in [0.29, 0.717) is 18.2 Å². The Bertz CT molecular complexity index is 1010. The van der Waals surface area contributed by atoms with Crippen molar-refractivity contribution in [3.63, 3.8) is 0 Å². The van der Waals surface area contributed by atoms with Crippen LogP contribution in [0.1, 0.15) is 54.5 Å². The van der Waals surface area contributed by atoms with Crippen LogP contribution in [-0.4, -0.2) is 10.6 Å². The molecule has 3 nitrogen and oxygen atoms in total. The fraction of sp³-hybridized carbons (Fsp3) is 0.346. The van der Waals surface area contributed by atoms with Crippen LogP contribution in [0, 0.1) is 17.1 Å². The first-order valence-electron chi connectivity index (χ1n) is 10.9. The Kier molecular flexibility index (Phi) is 6.61. The third-order valence-electron chi connectivity index (χ3n) is 6.37. The second kappa shape index (κ2) is 9.73. The SMILES string of the molecule is N#Cc1ccccc1C[NH+](Cc1cccn1Cc1ccccc1F)C1CCCCC1. The summed E-state index contributed by atoms with van der Waals surface area (Å²) in [7, 11) is 0. The minimum Gasteiger partial charge on any atom is -0.342 e. The molecule has 2 aromatic carbocycles. The topological polar surface area (TPSA) is 33.2 Å². The second-order valence-electron chi connectivity index (χ2n) is 8.33. The summed E-state index contributed by atoms with van der Waals surface area (Å²) in [6, 6.07) is 22.1. The van der Waals surface area contributed by atoms with E-state index >= 15 is 0 Å². The van der Waals surface area contributed by atoms with Gasteiger partial charge in [0.25, 0.3) is 0 Å². The smallest absolute Gasteiger partial charge is 0.128 e. The van der Waals surface area contributed by atoms with Crippen molar-refractivity contribution in [3.05, 3.63) is 95.1 Å². The van der Waals surface area contributed by atoms with Crippen molar-refractivity contribution in [1.29, 1.82) is 5.26 Å². The van der Waals surface area contributed by atoms with Gasteiger partial charge in [0.15, 0.2) is 0 Å². The quantitative estimate of drug-likeness (QED) is 0.622. The zero-order valence-electron chi connectivity index (χ0n) is 17.4. The van der Waals surface area contributed by atoms with E-state index in [9.17, 15) is 9.65 Å². The molecular formula is C26H29FN3+. The Morgan fingerprint density at radius 3 is 2.40 bits per heavy atom. The van der Waals surface area contributed by atoms with Gasteiger partial charge in [0, 0.05) is 17.3 Å². The normalized spacial score (nSPS) is 15.6. The van der Waals surface area contributed by atoms with Crippen molar-refractivity contribution < 1.29 is 9.29 Å². The highest BCUT2D eigenvalue weighted by atomic mass is 19.1. The van der Waals surface area contributed by atoms with Gasteiger partial charge < -0.3 is 9.47 Å². The Hall–Kier alpha value is -2.90. The summed E-state index contributed by atoms with van der Waals surface area (Å²) in [5, 5.41) is 9.53. The molecule has 0 bridgehead atoms. The maximum absolute atomic E-state index is 14.2. The van der Waals surface area contributed by atoms with Crippen LogP contribution in [0.3, 0.4) is 0 Å². The lowest BCUT2D eigenvalue weighted by Gasteiger charge is -2.32. The average molecular weight is 403 g/mol. The number of rotatable bonds is 7. The number of hydrogen-bond acceptors (Lipinski definition) is 1. The summed E-state index contributed by atoms with van der Waals surface area (Å²) in [5.41, 5.74) is 3.82. The lowest BCUT2D eigenvalue weighted by molar-refractivity contribution is -0.953. The molecule has 0 spiro atoms. The van der Waals surface area contributed by atoms with E-state index in [1.54, 1.807) is 6.07 Å². The van der Waals surface area contributed by atoms with Crippen LogP contribution in [-0.2, 0) is 19.6 Å². The van der Waals surface area contributed by atoms with E-state index in [1.165, 1.54) is 48.8 Å². The van der Waals surface area contributed by atoms with Crippen LogP contribution in [0.4, 0.5) is 4.39 Å². The summed E-state index contributed by atoms with van der Waals surface area (Å²) < 4.78 is 16.4. The molecular weight excluding hydrogens is 373 g/mol. The van der Waals surface area contributed by atoms with Gasteiger partial charge in [-0.1, -0.05) is 42.8 Å². The number of benzene rings is 2. The molecule has 1 aliphatic rings. The van der Waals surface area contributed by atoms with Crippen molar-refractivity contribution in [1.82, 2.24) is 4.57 Å². The van der Waals surface area contributed by atoms with Gasteiger partial charge in [-0.2, -0.15) is 5.26 Å². The summed E-state index contributed by atoms with van der Waals surface area (Å²) in [5.74, 6) is -0.156. The van der Waals surface area contributed by atoms with Crippen molar-refractivity contribution in [2.45, 2.75) is 57.8 Å². The summed E-state index contributed by atoms with van der Waals surface area (Å²) in [4.78, 5) is 1.51. The number of nitrogens with one attached hydrogen (secondary N) is 1. The standard InChI is InChI=1S/C26H28FN3/c27-26-15-7-6-11-23(26)19-29-16-8-14-25(29)20-30(24-12-2-1-3-13-24)18-22-10-5-4-9-21(22)17-28/h4-11,14-16,24H,1-3,12-13,18-20H2/p+1. The second-order valence-corrected chi connectivity index (χ2v) is 8.33. The highest BCUT2D eigenvalue weighted by Gasteiger charge is 2.26. The van der Waals surface area contributed by atoms with Crippen LogP contribution in [0.5, 0.6) is 0 Å². The van der Waals surface area contributed by atoms with Crippen LogP contribution >= 0.6 is 0 Å². The molecule has 1 N–H and O–H groups in total. The lowest BCUT2D eigenvalue weighted by atomic mass is 9.93. The lowest BCUT2D eigenvalue weighted by Crippen LogP contribution is -3.13. The molecule has 4 rings (SSSR count). The molecule has 3 aromatic rings. The molecule has 1 aromatic heterocycles. The molecule has 30 heavy (non-hydrogen) atoms. The molecule has 1 atom stereocenters. The van der Waals surface area contributed by atoms with Crippen molar-refractivity contribution in [2.24, 2.45) is 0 Å². The number of quaternary nitrogens is 1. The molecule has 1 fully saturated rings. The van der Waals surface area contributed by atoms with Gasteiger partial charge in [0.1, 0.15) is 18.9 Å². The molecule has 1 saturated carbocycles. The Balaban J connectivity index is 1.57. The van der Waals surface area contributed by atoms with Crippen molar-refractivity contribution >= 4 is 0 Å². The molecule has 1 heterocycles. The number of nitrogens with zero attached hydrogens (tertiary/aromatic N) is 2. The largest absolute Gasteiger partial charge is 0.342 e. The maximum atomic E-state index is 14.2. The van der Waals surface area contributed by atoms with Crippen molar-refractivity contribution in [3.8, 4) is 6.07 Å². The fourth-order valence-electron chi connectivity index (χ4n) is 4.70. The highest BCUT2D eigenvalue weighted by molar-refractivity contribution is 5.36.